The summed E-state index contributed by atoms with van der Waals surface area (Å²) in [6.07, 6.45) is -3.22. The number of likely N-dealkylation sites (tertiary alicyclic amines) is 1. The first-order valence-electron chi connectivity index (χ1n) is 6.97. The Bertz CT molecular complexity index is 461. The van der Waals surface area contributed by atoms with Crippen LogP contribution in [-0.2, 0) is 19.1 Å². The molecule has 1 unspecified atom stereocenters. The normalized spacial score (nSPS) is 25.0. The van der Waals surface area contributed by atoms with E-state index in [4.69, 9.17) is 9.84 Å². The number of alkyl halides is 1. The van der Waals surface area contributed by atoms with Crippen molar-refractivity contribution in [2.45, 2.75) is 57.3 Å². The quantitative estimate of drug-likeness (QED) is 0.793. The summed E-state index contributed by atoms with van der Waals surface area (Å²) in [5.41, 5.74) is -2.46. The number of amides is 1. The summed E-state index contributed by atoms with van der Waals surface area (Å²) in [6.45, 7) is 4.60. The number of rotatable bonds is 4. The van der Waals surface area contributed by atoms with Crippen molar-refractivity contribution >= 4 is 18.0 Å². The van der Waals surface area contributed by atoms with Gasteiger partial charge in [0.2, 0.25) is 0 Å². The molecule has 1 rings (SSSR count). The molecule has 1 N–H and O–H groups in total. The molecule has 0 aliphatic carbocycles. The molecule has 1 fully saturated rings. The van der Waals surface area contributed by atoms with Crippen LogP contribution in [0.3, 0.4) is 0 Å². The van der Waals surface area contributed by atoms with Gasteiger partial charge in [-0.05, 0) is 27.2 Å². The van der Waals surface area contributed by atoms with E-state index in [-0.39, 0.29) is 25.8 Å². The second-order valence-electron chi connectivity index (χ2n) is 6.31. The molecule has 22 heavy (non-hydrogen) atoms. The molecule has 7 nitrogen and oxygen atoms in total. The monoisotopic (exact) mass is 319 g/mol. The van der Waals surface area contributed by atoms with Gasteiger partial charge < -0.3 is 14.6 Å². The van der Waals surface area contributed by atoms with Gasteiger partial charge in [-0.1, -0.05) is 0 Å². The second kappa shape index (κ2) is 6.50. The molecule has 0 aromatic carbocycles. The van der Waals surface area contributed by atoms with Gasteiger partial charge in [0.1, 0.15) is 17.3 Å². The maximum atomic E-state index is 13.9. The van der Waals surface area contributed by atoms with Gasteiger partial charge in [-0.3, -0.25) is 9.69 Å². The molecule has 1 saturated heterocycles. The first-order chi connectivity index (χ1) is 10.0. The molecule has 1 aliphatic heterocycles. The van der Waals surface area contributed by atoms with Crippen LogP contribution < -0.4 is 0 Å². The van der Waals surface area contributed by atoms with Crippen LogP contribution in [0, 0.1) is 0 Å². The van der Waals surface area contributed by atoms with Gasteiger partial charge in [0.05, 0.1) is 13.7 Å². The fourth-order valence-corrected chi connectivity index (χ4v) is 2.52. The highest BCUT2D eigenvalue weighted by molar-refractivity contribution is 5.87. The van der Waals surface area contributed by atoms with Crippen LogP contribution in [0.2, 0.25) is 0 Å². The number of esters is 1. The van der Waals surface area contributed by atoms with Gasteiger partial charge in [0.25, 0.3) is 0 Å². The average Bonchev–Trinajstić information content (AvgIpc) is 2.72. The molecular weight excluding hydrogens is 297 g/mol. The van der Waals surface area contributed by atoms with Crippen LogP contribution in [0.1, 0.15) is 40.0 Å². The van der Waals surface area contributed by atoms with Crippen LogP contribution in [0.25, 0.3) is 0 Å². The Morgan fingerprint density at radius 1 is 1.36 bits per heavy atom. The van der Waals surface area contributed by atoms with Crippen molar-refractivity contribution in [3.63, 3.8) is 0 Å². The Hall–Kier alpha value is -1.86. The molecule has 1 heterocycles. The van der Waals surface area contributed by atoms with E-state index < -0.39 is 35.3 Å². The Labute approximate surface area is 128 Å². The number of methoxy groups -OCH3 is 1. The fraction of sp³-hybridized carbons (Fsp3) is 0.786. The number of hydrogen-bond donors (Lipinski definition) is 1. The van der Waals surface area contributed by atoms with Crippen LogP contribution >= 0.6 is 0 Å². The number of aliphatic carboxylic acids is 1. The number of carbonyl (C=O) groups excluding carboxylic acids is 2. The second-order valence-corrected chi connectivity index (χ2v) is 6.31. The van der Waals surface area contributed by atoms with Crippen LogP contribution in [0.4, 0.5) is 9.18 Å². The van der Waals surface area contributed by atoms with Gasteiger partial charge in [-0.15, -0.1) is 0 Å². The van der Waals surface area contributed by atoms with Crippen LogP contribution in [-0.4, -0.2) is 59.0 Å². The molecule has 0 aromatic rings. The van der Waals surface area contributed by atoms with Crippen LogP contribution in [0.5, 0.6) is 0 Å². The van der Waals surface area contributed by atoms with E-state index in [9.17, 15) is 18.8 Å². The lowest BCUT2D eigenvalue weighted by atomic mass is 9.90. The average molecular weight is 319 g/mol. The highest BCUT2D eigenvalue weighted by Gasteiger charge is 2.55. The molecule has 126 valence electrons. The summed E-state index contributed by atoms with van der Waals surface area (Å²) in [5.74, 6) is -1.98. The van der Waals surface area contributed by atoms with E-state index in [0.29, 0.717) is 0 Å². The lowest BCUT2D eigenvalue weighted by Crippen LogP contribution is -2.55. The minimum atomic E-state index is -1.64. The highest BCUT2D eigenvalue weighted by Crippen LogP contribution is 2.37. The van der Waals surface area contributed by atoms with E-state index >= 15 is 0 Å². The molecule has 0 aromatic heterocycles. The van der Waals surface area contributed by atoms with Crippen molar-refractivity contribution in [1.29, 1.82) is 0 Å². The minimum absolute atomic E-state index is 0.228. The van der Waals surface area contributed by atoms with Gasteiger partial charge in [0.15, 0.2) is 0 Å². The summed E-state index contributed by atoms with van der Waals surface area (Å²) in [5, 5.41) is 8.84. The first kappa shape index (κ1) is 18.2. The molecule has 8 heteroatoms. The molecule has 0 saturated carbocycles. The zero-order chi connectivity index (χ0) is 17.1. The van der Waals surface area contributed by atoms with Crippen molar-refractivity contribution in [2.75, 3.05) is 13.7 Å². The van der Waals surface area contributed by atoms with Crippen molar-refractivity contribution in [1.82, 2.24) is 4.90 Å². The van der Waals surface area contributed by atoms with E-state index in [1.54, 1.807) is 20.8 Å². The first-order valence-corrected chi connectivity index (χ1v) is 6.97. The molecule has 1 aliphatic rings. The topological polar surface area (TPSA) is 93.1 Å². The van der Waals surface area contributed by atoms with E-state index in [0.717, 1.165) is 12.0 Å². The maximum absolute atomic E-state index is 13.9. The minimum Gasteiger partial charge on any atom is -0.481 e. The smallest absolute Gasteiger partial charge is 0.411 e. The summed E-state index contributed by atoms with van der Waals surface area (Å²) in [4.78, 5) is 36.2. The molecular formula is C14H22FNO6. The largest absolute Gasteiger partial charge is 0.481 e. The third-order valence-corrected chi connectivity index (χ3v) is 3.39. The third-order valence-electron chi connectivity index (χ3n) is 3.39. The molecule has 1 amide bonds. The number of carboxylic acid groups (broad SMARTS) is 1. The lowest BCUT2D eigenvalue weighted by Gasteiger charge is -2.36. The number of halogens is 1. The molecule has 0 spiro atoms. The number of carbonyl (C=O) groups is 3. The van der Waals surface area contributed by atoms with Crippen molar-refractivity contribution in [2.24, 2.45) is 0 Å². The van der Waals surface area contributed by atoms with E-state index in [1.807, 2.05) is 0 Å². The zero-order valence-electron chi connectivity index (χ0n) is 13.2. The number of carboxylic acids is 1. The summed E-state index contributed by atoms with van der Waals surface area (Å²) < 4.78 is 23.8. The molecule has 0 radical (unpaired) electrons. The van der Waals surface area contributed by atoms with Gasteiger partial charge >= 0.3 is 18.0 Å². The maximum Gasteiger partial charge on any atom is 0.411 e. The standard InChI is InChI=1S/C14H22FNO6/c1-13(2,3)22-12(20)16-8-9(15)7-14(16,11(19)21-4)6-5-10(17)18/h9H,5-8H2,1-4H3,(H,17,18)/t9-,14?/m1/s1. The fourth-order valence-electron chi connectivity index (χ4n) is 2.52. The van der Waals surface area contributed by atoms with Gasteiger partial charge in [-0.2, -0.15) is 0 Å². The Kier molecular flexibility index (Phi) is 5.37. The lowest BCUT2D eigenvalue weighted by molar-refractivity contribution is -0.154. The molecule has 0 bridgehead atoms. The van der Waals surface area contributed by atoms with Crippen molar-refractivity contribution < 1.29 is 33.4 Å². The van der Waals surface area contributed by atoms with Gasteiger partial charge in [-0.25, -0.2) is 14.0 Å². The Balaban J connectivity index is 3.11. The SMILES string of the molecule is COC(=O)C1(CCC(=O)O)C[C@@H](F)CN1C(=O)OC(C)(C)C. The predicted octanol–water partition coefficient (Wildman–Crippen LogP) is 1.74. The van der Waals surface area contributed by atoms with E-state index in [2.05, 4.69) is 4.74 Å². The zero-order valence-corrected chi connectivity index (χ0v) is 13.2. The third kappa shape index (κ3) is 4.08. The Morgan fingerprint density at radius 3 is 2.41 bits per heavy atom. The van der Waals surface area contributed by atoms with Crippen molar-refractivity contribution in [3.05, 3.63) is 0 Å². The predicted molar refractivity (Wildman–Crippen MR) is 74.1 cm³/mol. The highest BCUT2D eigenvalue weighted by atomic mass is 19.1. The Morgan fingerprint density at radius 2 is 1.95 bits per heavy atom. The van der Waals surface area contributed by atoms with Gasteiger partial charge in [0, 0.05) is 12.8 Å². The summed E-state index contributed by atoms with van der Waals surface area (Å²) in [6, 6.07) is 0. The summed E-state index contributed by atoms with van der Waals surface area (Å²) in [7, 11) is 1.11. The number of ether oxygens (including phenoxy) is 2. The number of nitrogens with zero attached hydrogens (tertiary/aromatic N) is 1. The number of hydrogen-bond acceptors (Lipinski definition) is 5. The van der Waals surface area contributed by atoms with E-state index in [1.165, 1.54) is 0 Å². The molecule has 2 atom stereocenters. The van der Waals surface area contributed by atoms with Crippen LogP contribution in [0.15, 0.2) is 0 Å². The van der Waals surface area contributed by atoms with Crippen molar-refractivity contribution in [3.8, 4) is 0 Å². The summed E-state index contributed by atoms with van der Waals surface area (Å²) >= 11 is 0.